The molecule has 0 fully saturated rings. The molecule has 1 aromatic heterocycles. The molecule has 0 bridgehead atoms. The van der Waals surface area contributed by atoms with Gasteiger partial charge in [-0.25, -0.2) is 0 Å². The van der Waals surface area contributed by atoms with E-state index in [9.17, 15) is 9.90 Å². The fourth-order valence-corrected chi connectivity index (χ4v) is 2.34. The average Bonchev–Trinajstić information content (AvgIpc) is 2.60. The molecule has 1 atom stereocenters. The molecule has 0 saturated carbocycles. The van der Waals surface area contributed by atoms with Crippen LogP contribution in [0.5, 0.6) is 0 Å². The largest absolute Gasteiger partial charge is 0.391 e. The number of benzene rings is 1. The molecule has 0 spiro atoms. The van der Waals surface area contributed by atoms with Crippen molar-refractivity contribution in [3.8, 4) is 0 Å². The maximum absolute atomic E-state index is 12.4. The third kappa shape index (κ3) is 6.19. The first-order chi connectivity index (χ1) is 11.9. The fraction of sp³-hybridized carbons (Fsp3) is 0.400. The number of amides is 1. The molecule has 0 aliphatic carbocycles. The number of aliphatic hydroxyl groups is 1. The maximum atomic E-state index is 12.4. The minimum Gasteiger partial charge on any atom is -0.391 e. The Morgan fingerprint density at radius 1 is 1.20 bits per heavy atom. The van der Waals surface area contributed by atoms with E-state index in [2.05, 4.69) is 10.3 Å². The number of hydrogen-bond donors (Lipinski definition) is 2. The SMILES string of the molecule is CC(C)(C)C(O)CNC(=O)CN(Cc1cccnc1)c1ccccc1. The van der Waals surface area contributed by atoms with Crippen molar-refractivity contribution < 1.29 is 9.90 Å². The van der Waals surface area contributed by atoms with Crippen LogP contribution >= 0.6 is 0 Å². The summed E-state index contributed by atoms with van der Waals surface area (Å²) in [5.41, 5.74) is 1.74. The molecule has 5 heteroatoms. The van der Waals surface area contributed by atoms with Gasteiger partial charge >= 0.3 is 0 Å². The standard InChI is InChI=1S/C20H27N3O2/c1-20(2,3)18(24)13-22-19(25)15-23(17-9-5-4-6-10-17)14-16-8-7-11-21-12-16/h4-12,18,24H,13-15H2,1-3H3,(H,22,25). The van der Waals surface area contributed by atoms with E-state index in [4.69, 9.17) is 0 Å². The third-order valence-corrected chi connectivity index (χ3v) is 4.04. The number of anilines is 1. The van der Waals surface area contributed by atoms with Crippen molar-refractivity contribution in [2.45, 2.75) is 33.4 Å². The lowest BCUT2D eigenvalue weighted by molar-refractivity contribution is -0.120. The summed E-state index contributed by atoms with van der Waals surface area (Å²) in [7, 11) is 0. The van der Waals surface area contributed by atoms with E-state index in [0.717, 1.165) is 11.3 Å². The van der Waals surface area contributed by atoms with Crippen LogP contribution < -0.4 is 10.2 Å². The molecule has 0 radical (unpaired) electrons. The van der Waals surface area contributed by atoms with Gasteiger partial charge in [-0.05, 0) is 29.2 Å². The lowest BCUT2D eigenvalue weighted by Gasteiger charge is -2.27. The number of rotatable bonds is 7. The van der Waals surface area contributed by atoms with Crippen molar-refractivity contribution in [1.82, 2.24) is 10.3 Å². The monoisotopic (exact) mass is 341 g/mol. The van der Waals surface area contributed by atoms with Gasteiger partial charge < -0.3 is 15.3 Å². The Morgan fingerprint density at radius 2 is 1.92 bits per heavy atom. The molecule has 1 unspecified atom stereocenters. The van der Waals surface area contributed by atoms with E-state index in [-0.39, 0.29) is 24.4 Å². The van der Waals surface area contributed by atoms with Gasteiger partial charge in [-0.2, -0.15) is 0 Å². The lowest BCUT2D eigenvalue weighted by Crippen LogP contribution is -2.43. The highest BCUT2D eigenvalue weighted by Crippen LogP contribution is 2.18. The summed E-state index contributed by atoms with van der Waals surface area (Å²) in [6.45, 7) is 6.90. The van der Waals surface area contributed by atoms with Crippen LogP contribution in [0.2, 0.25) is 0 Å². The zero-order valence-corrected chi connectivity index (χ0v) is 15.1. The summed E-state index contributed by atoms with van der Waals surface area (Å²) in [4.78, 5) is 18.5. The van der Waals surface area contributed by atoms with Gasteiger partial charge in [0, 0.05) is 31.2 Å². The van der Waals surface area contributed by atoms with E-state index < -0.39 is 6.10 Å². The average molecular weight is 341 g/mol. The minimum atomic E-state index is -0.583. The number of nitrogens with one attached hydrogen (secondary N) is 1. The van der Waals surface area contributed by atoms with Crippen LogP contribution in [0.25, 0.3) is 0 Å². The summed E-state index contributed by atoms with van der Waals surface area (Å²) in [6, 6.07) is 13.7. The van der Waals surface area contributed by atoms with Gasteiger partial charge in [0.1, 0.15) is 0 Å². The Labute approximate surface area is 149 Å². The van der Waals surface area contributed by atoms with Gasteiger partial charge in [0.25, 0.3) is 0 Å². The van der Waals surface area contributed by atoms with E-state index in [1.165, 1.54) is 0 Å². The topological polar surface area (TPSA) is 65.5 Å². The number of para-hydroxylation sites is 1. The van der Waals surface area contributed by atoms with Crippen LogP contribution in [0.4, 0.5) is 5.69 Å². The molecule has 2 rings (SSSR count). The Bertz CT molecular complexity index is 654. The third-order valence-electron chi connectivity index (χ3n) is 4.04. The van der Waals surface area contributed by atoms with Crippen LogP contribution in [0, 0.1) is 5.41 Å². The lowest BCUT2D eigenvalue weighted by atomic mass is 9.89. The van der Waals surface area contributed by atoms with Crippen LogP contribution in [-0.2, 0) is 11.3 Å². The zero-order valence-electron chi connectivity index (χ0n) is 15.1. The molecule has 1 aromatic carbocycles. The highest BCUT2D eigenvalue weighted by Gasteiger charge is 2.22. The fourth-order valence-electron chi connectivity index (χ4n) is 2.34. The van der Waals surface area contributed by atoms with Gasteiger partial charge in [0.15, 0.2) is 0 Å². The van der Waals surface area contributed by atoms with Crippen molar-refractivity contribution >= 4 is 11.6 Å². The Hall–Kier alpha value is -2.40. The van der Waals surface area contributed by atoms with Crippen LogP contribution in [0.1, 0.15) is 26.3 Å². The van der Waals surface area contributed by atoms with Gasteiger partial charge in [0.2, 0.25) is 5.91 Å². The second-order valence-electron chi connectivity index (χ2n) is 7.24. The number of aromatic nitrogens is 1. The molecule has 1 heterocycles. The number of carbonyl (C=O) groups is 1. The summed E-state index contributed by atoms with van der Waals surface area (Å²) in [5, 5.41) is 12.9. The van der Waals surface area contributed by atoms with Crippen molar-refractivity contribution in [2.75, 3.05) is 18.0 Å². The van der Waals surface area contributed by atoms with Crippen molar-refractivity contribution in [3.63, 3.8) is 0 Å². The van der Waals surface area contributed by atoms with Gasteiger partial charge in [0.05, 0.1) is 12.6 Å². The Morgan fingerprint density at radius 3 is 2.52 bits per heavy atom. The van der Waals surface area contributed by atoms with Gasteiger partial charge in [-0.3, -0.25) is 9.78 Å². The normalized spacial score (nSPS) is 12.5. The van der Waals surface area contributed by atoms with Crippen molar-refractivity contribution in [3.05, 3.63) is 60.4 Å². The van der Waals surface area contributed by atoms with Gasteiger partial charge in [-0.15, -0.1) is 0 Å². The van der Waals surface area contributed by atoms with Crippen molar-refractivity contribution in [1.29, 1.82) is 0 Å². The number of pyridine rings is 1. The smallest absolute Gasteiger partial charge is 0.239 e. The minimum absolute atomic E-state index is 0.115. The predicted molar refractivity (Wildman–Crippen MR) is 100 cm³/mol. The van der Waals surface area contributed by atoms with E-state index in [0.29, 0.717) is 6.54 Å². The second-order valence-corrected chi connectivity index (χ2v) is 7.24. The molecule has 0 saturated heterocycles. The van der Waals surface area contributed by atoms with Crippen LogP contribution in [0.3, 0.4) is 0 Å². The molecule has 1 amide bonds. The molecule has 25 heavy (non-hydrogen) atoms. The highest BCUT2D eigenvalue weighted by molar-refractivity contribution is 5.81. The van der Waals surface area contributed by atoms with E-state index in [1.807, 2.05) is 68.1 Å². The first kappa shape index (κ1) is 18.9. The molecular weight excluding hydrogens is 314 g/mol. The van der Waals surface area contributed by atoms with Crippen LogP contribution in [-0.4, -0.2) is 35.2 Å². The second kappa shape index (κ2) is 8.62. The Kier molecular flexibility index (Phi) is 6.53. The molecule has 0 aliphatic heterocycles. The molecule has 2 aromatic rings. The van der Waals surface area contributed by atoms with Gasteiger partial charge in [-0.1, -0.05) is 45.0 Å². The molecular formula is C20H27N3O2. The van der Waals surface area contributed by atoms with E-state index >= 15 is 0 Å². The summed E-state index contributed by atoms with van der Waals surface area (Å²) >= 11 is 0. The number of aliphatic hydroxyl groups excluding tert-OH is 1. The summed E-state index contributed by atoms with van der Waals surface area (Å²) in [6.07, 6.45) is 2.95. The Balaban J connectivity index is 2.02. The van der Waals surface area contributed by atoms with E-state index in [1.54, 1.807) is 12.4 Å². The number of hydrogen-bond acceptors (Lipinski definition) is 4. The highest BCUT2D eigenvalue weighted by atomic mass is 16.3. The summed E-state index contributed by atoms with van der Waals surface area (Å²) in [5.74, 6) is -0.115. The molecule has 134 valence electrons. The van der Waals surface area contributed by atoms with Crippen molar-refractivity contribution in [2.24, 2.45) is 5.41 Å². The first-order valence-electron chi connectivity index (χ1n) is 8.50. The summed E-state index contributed by atoms with van der Waals surface area (Å²) < 4.78 is 0. The first-order valence-corrected chi connectivity index (χ1v) is 8.50. The number of nitrogens with zero attached hydrogens (tertiary/aromatic N) is 2. The predicted octanol–water partition coefficient (Wildman–Crippen LogP) is 2.61. The molecule has 0 aliphatic rings. The number of carbonyl (C=O) groups excluding carboxylic acids is 1. The quantitative estimate of drug-likeness (QED) is 0.812. The molecule has 2 N–H and O–H groups in total. The maximum Gasteiger partial charge on any atom is 0.239 e. The zero-order chi connectivity index (χ0) is 18.3. The van der Waals surface area contributed by atoms with Crippen LogP contribution in [0.15, 0.2) is 54.9 Å². The molecule has 5 nitrogen and oxygen atoms in total.